The van der Waals surface area contributed by atoms with Gasteiger partial charge in [0.15, 0.2) is 11.5 Å². The molecule has 1 aromatic carbocycles. The summed E-state index contributed by atoms with van der Waals surface area (Å²) < 4.78 is 24.7. The zero-order chi connectivity index (χ0) is 11.3. The molecular formula is C11H10BrFO3. The largest absolute Gasteiger partial charge is 0.453 e. The van der Waals surface area contributed by atoms with Crippen molar-refractivity contribution in [1.82, 2.24) is 0 Å². The van der Waals surface area contributed by atoms with Gasteiger partial charge >= 0.3 is 0 Å². The van der Waals surface area contributed by atoms with Crippen molar-refractivity contribution >= 4 is 15.9 Å². The number of halogens is 2. The lowest BCUT2D eigenvalue weighted by molar-refractivity contribution is 0.149. The third kappa shape index (κ3) is 1.58. The first kappa shape index (κ1) is 10.4. The van der Waals surface area contributed by atoms with Crippen LogP contribution in [-0.2, 0) is 6.42 Å². The monoisotopic (exact) mass is 288 g/mol. The number of fused-ring (bicyclic) bond motifs is 1. The van der Waals surface area contributed by atoms with E-state index in [1.54, 1.807) is 0 Å². The van der Waals surface area contributed by atoms with E-state index in [1.165, 1.54) is 6.07 Å². The van der Waals surface area contributed by atoms with Crippen LogP contribution in [0.15, 0.2) is 10.5 Å². The highest BCUT2D eigenvalue weighted by molar-refractivity contribution is 9.10. The molecule has 1 N–H and O–H groups in total. The van der Waals surface area contributed by atoms with E-state index in [0.29, 0.717) is 28.0 Å². The number of ether oxygens (including phenoxy) is 2. The molecule has 1 aliphatic carbocycles. The van der Waals surface area contributed by atoms with Gasteiger partial charge in [0.2, 0.25) is 6.79 Å². The second kappa shape index (κ2) is 3.34. The Hall–Kier alpha value is -0.810. The van der Waals surface area contributed by atoms with Crippen molar-refractivity contribution in [2.75, 3.05) is 6.79 Å². The number of hydrogen-bond donors (Lipinski definition) is 1. The molecule has 1 saturated carbocycles. The van der Waals surface area contributed by atoms with Crippen LogP contribution >= 0.6 is 15.9 Å². The Bertz CT molecular complexity index is 457. The molecule has 0 amide bonds. The minimum Gasteiger partial charge on any atom is -0.453 e. The lowest BCUT2D eigenvalue weighted by Crippen LogP contribution is -2.12. The molecule has 0 bridgehead atoms. The zero-order valence-corrected chi connectivity index (χ0v) is 10.0. The van der Waals surface area contributed by atoms with Crippen LogP contribution in [0.2, 0.25) is 0 Å². The molecule has 2 aliphatic rings. The van der Waals surface area contributed by atoms with Crippen molar-refractivity contribution in [3.8, 4) is 11.5 Å². The maximum Gasteiger partial charge on any atom is 0.231 e. The van der Waals surface area contributed by atoms with Crippen LogP contribution < -0.4 is 9.47 Å². The lowest BCUT2D eigenvalue weighted by atomic mass is 10.1. The standard InChI is InChI=1S/C11H10BrFO3/c12-9-6(4-11(14)1-2-11)7(13)3-8-10(9)16-5-15-8/h3,14H,1-2,4-5H2. The molecule has 1 heterocycles. The maximum atomic E-state index is 13.8. The van der Waals surface area contributed by atoms with E-state index in [4.69, 9.17) is 9.47 Å². The summed E-state index contributed by atoms with van der Waals surface area (Å²) in [6.45, 7) is 0.112. The van der Waals surface area contributed by atoms with Gasteiger partial charge in [0.25, 0.3) is 0 Å². The first-order valence-corrected chi connectivity index (χ1v) is 5.87. The Balaban J connectivity index is 2.03. The second-order valence-corrected chi connectivity index (χ2v) is 5.08. The van der Waals surface area contributed by atoms with E-state index >= 15 is 0 Å². The molecule has 0 spiro atoms. The number of rotatable bonds is 2. The Morgan fingerprint density at radius 1 is 1.44 bits per heavy atom. The smallest absolute Gasteiger partial charge is 0.231 e. The fourth-order valence-electron chi connectivity index (χ4n) is 1.82. The zero-order valence-electron chi connectivity index (χ0n) is 8.43. The van der Waals surface area contributed by atoms with E-state index in [2.05, 4.69) is 15.9 Å². The quantitative estimate of drug-likeness (QED) is 0.908. The van der Waals surface area contributed by atoms with Gasteiger partial charge in [-0.2, -0.15) is 0 Å². The third-order valence-electron chi connectivity index (χ3n) is 2.98. The summed E-state index contributed by atoms with van der Waals surface area (Å²) in [5, 5.41) is 9.82. The topological polar surface area (TPSA) is 38.7 Å². The summed E-state index contributed by atoms with van der Waals surface area (Å²) in [5.74, 6) is 0.577. The van der Waals surface area contributed by atoms with Gasteiger partial charge in [-0.25, -0.2) is 4.39 Å². The normalized spacial score (nSPS) is 19.9. The van der Waals surface area contributed by atoms with Crippen LogP contribution in [0.25, 0.3) is 0 Å². The van der Waals surface area contributed by atoms with Crippen LogP contribution in [0.5, 0.6) is 11.5 Å². The molecule has 86 valence electrons. The van der Waals surface area contributed by atoms with Crippen LogP contribution in [0.1, 0.15) is 18.4 Å². The molecule has 3 rings (SSSR count). The van der Waals surface area contributed by atoms with E-state index < -0.39 is 5.60 Å². The molecule has 5 heteroatoms. The Morgan fingerprint density at radius 3 is 2.88 bits per heavy atom. The molecule has 1 fully saturated rings. The molecule has 0 radical (unpaired) electrons. The minimum atomic E-state index is -0.725. The highest BCUT2D eigenvalue weighted by Gasteiger charge is 2.42. The van der Waals surface area contributed by atoms with Crippen molar-refractivity contribution in [1.29, 1.82) is 0 Å². The fraction of sp³-hybridized carbons (Fsp3) is 0.455. The highest BCUT2D eigenvalue weighted by Crippen LogP contribution is 2.46. The molecule has 3 nitrogen and oxygen atoms in total. The first-order chi connectivity index (χ1) is 7.59. The van der Waals surface area contributed by atoms with E-state index in [9.17, 15) is 9.50 Å². The molecule has 0 aromatic heterocycles. The summed E-state index contributed by atoms with van der Waals surface area (Å²) in [6.07, 6.45) is 1.77. The third-order valence-corrected chi connectivity index (χ3v) is 3.82. The average molecular weight is 289 g/mol. The Labute approximate surface area is 100 Å². The fourth-order valence-corrected chi connectivity index (χ4v) is 2.46. The molecule has 1 aromatic rings. The molecule has 0 saturated heterocycles. The van der Waals surface area contributed by atoms with Gasteiger partial charge < -0.3 is 14.6 Å². The average Bonchev–Trinajstić information content (AvgIpc) is 2.77. The van der Waals surface area contributed by atoms with Crippen molar-refractivity contribution in [2.24, 2.45) is 0 Å². The van der Waals surface area contributed by atoms with Crippen molar-refractivity contribution < 1.29 is 19.0 Å². The van der Waals surface area contributed by atoms with Crippen molar-refractivity contribution in [3.63, 3.8) is 0 Å². The van der Waals surface area contributed by atoms with Gasteiger partial charge in [0.05, 0.1) is 10.1 Å². The summed E-state index contributed by atoms with van der Waals surface area (Å²) in [7, 11) is 0. The number of benzene rings is 1. The van der Waals surface area contributed by atoms with Crippen LogP contribution in [0, 0.1) is 5.82 Å². The Kier molecular flexibility index (Phi) is 2.16. The van der Waals surface area contributed by atoms with Gasteiger partial charge in [-0.3, -0.25) is 0 Å². The molecule has 0 atom stereocenters. The summed E-state index contributed by atoms with van der Waals surface area (Å²) in [6, 6.07) is 1.31. The first-order valence-electron chi connectivity index (χ1n) is 5.08. The van der Waals surface area contributed by atoms with Crippen molar-refractivity contribution in [2.45, 2.75) is 24.9 Å². The van der Waals surface area contributed by atoms with E-state index in [1.807, 2.05) is 0 Å². The molecule has 0 unspecified atom stereocenters. The minimum absolute atomic E-state index is 0.112. The molecule has 16 heavy (non-hydrogen) atoms. The van der Waals surface area contributed by atoms with Gasteiger partial charge in [-0.1, -0.05) is 0 Å². The van der Waals surface area contributed by atoms with E-state index in [-0.39, 0.29) is 12.6 Å². The highest BCUT2D eigenvalue weighted by atomic mass is 79.9. The van der Waals surface area contributed by atoms with Crippen LogP contribution in [-0.4, -0.2) is 17.5 Å². The number of hydrogen-bond acceptors (Lipinski definition) is 3. The summed E-state index contributed by atoms with van der Waals surface area (Å²) in [4.78, 5) is 0. The van der Waals surface area contributed by atoms with E-state index in [0.717, 1.165) is 12.8 Å². The van der Waals surface area contributed by atoms with Gasteiger partial charge in [0, 0.05) is 18.1 Å². The summed E-state index contributed by atoms with van der Waals surface area (Å²) in [5.41, 5.74) is -0.263. The van der Waals surface area contributed by atoms with Gasteiger partial charge in [-0.05, 0) is 28.8 Å². The van der Waals surface area contributed by atoms with Gasteiger partial charge in [0.1, 0.15) is 5.82 Å². The second-order valence-electron chi connectivity index (χ2n) is 4.29. The molecule has 1 aliphatic heterocycles. The van der Waals surface area contributed by atoms with Gasteiger partial charge in [-0.15, -0.1) is 0 Å². The summed E-state index contributed by atoms with van der Waals surface area (Å²) >= 11 is 3.31. The maximum absolute atomic E-state index is 13.8. The molecular weight excluding hydrogens is 279 g/mol. The predicted octanol–water partition coefficient (Wildman–Crippen LogP) is 2.38. The van der Waals surface area contributed by atoms with Crippen molar-refractivity contribution in [3.05, 3.63) is 21.9 Å². The number of aliphatic hydroxyl groups is 1. The van der Waals surface area contributed by atoms with Crippen LogP contribution in [0.3, 0.4) is 0 Å². The Morgan fingerprint density at radius 2 is 2.19 bits per heavy atom. The predicted molar refractivity (Wildman–Crippen MR) is 58.1 cm³/mol. The van der Waals surface area contributed by atoms with Crippen LogP contribution in [0.4, 0.5) is 4.39 Å². The SMILES string of the molecule is OC1(Cc2c(F)cc3c(c2Br)OCO3)CC1. The lowest BCUT2D eigenvalue weighted by Gasteiger charge is -2.12.